The van der Waals surface area contributed by atoms with Crippen LogP contribution in [0.25, 0.3) is 0 Å². The van der Waals surface area contributed by atoms with Crippen LogP contribution in [-0.2, 0) is 0 Å². The molecule has 0 heterocycles. The van der Waals surface area contributed by atoms with Gasteiger partial charge in [-0.1, -0.05) is 29.3 Å². The van der Waals surface area contributed by atoms with E-state index in [4.69, 9.17) is 0 Å². The molecule has 0 aromatic heterocycles. The Labute approximate surface area is 123 Å². The van der Waals surface area contributed by atoms with Gasteiger partial charge in [-0.2, -0.15) is 0 Å². The van der Waals surface area contributed by atoms with Crippen molar-refractivity contribution in [2.24, 2.45) is 0 Å². The van der Waals surface area contributed by atoms with Gasteiger partial charge in [-0.05, 0) is 44.5 Å². The van der Waals surface area contributed by atoms with Gasteiger partial charge in [0, 0.05) is 5.56 Å². The highest BCUT2D eigenvalue weighted by Gasteiger charge is 2.15. The van der Waals surface area contributed by atoms with Crippen molar-refractivity contribution in [2.45, 2.75) is 20.8 Å². The number of carbonyl (C=O) groups is 2. The van der Waals surface area contributed by atoms with Gasteiger partial charge in [0.1, 0.15) is 0 Å². The van der Waals surface area contributed by atoms with Crippen LogP contribution in [0.2, 0.25) is 0 Å². The number of aromatic carboxylic acids is 1. The van der Waals surface area contributed by atoms with Crippen LogP contribution in [0.15, 0.2) is 36.4 Å². The second kappa shape index (κ2) is 5.79. The van der Waals surface area contributed by atoms with Gasteiger partial charge in [0.25, 0.3) is 5.91 Å². The Bertz CT molecular complexity index is 720. The van der Waals surface area contributed by atoms with E-state index in [0.29, 0.717) is 11.3 Å². The maximum atomic E-state index is 12.3. The van der Waals surface area contributed by atoms with Crippen LogP contribution >= 0.6 is 0 Å². The van der Waals surface area contributed by atoms with Gasteiger partial charge in [0.05, 0.1) is 11.3 Å². The molecule has 108 valence electrons. The van der Waals surface area contributed by atoms with Crippen molar-refractivity contribution in [3.05, 3.63) is 64.2 Å². The third kappa shape index (κ3) is 3.28. The van der Waals surface area contributed by atoms with Crippen LogP contribution in [0.3, 0.4) is 0 Å². The van der Waals surface area contributed by atoms with Gasteiger partial charge in [0.15, 0.2) is 0 Å². The van der Waals surface area contributed by atoms with E-state index in [1.54, 1.807) is 24.3 Å². The number of rotatable bonds is 3. The lowest BCUT2D eigenvalue weighted by atomic mass is 10.0. The third-order valence-electron chi connectivity index (χ3n) is 3.29. The molecule has 4 nitrogen and oxygen atoms in total. The lowest BCUT2D eigenvalue weighted by Crippen LogP contribution is -2.16. The third-order valence-corrected chi connectivity index (χ3v) is 3.29. The van der Waals surface area contributed by atoms with Gasteiger partial charge in [0.2, 0.25) is 0 Å². The molecule has 2 aromatic rings. The number of anilines is 1. The minimum atomic E-state index is -1.06. The van der Waals surface area contributed by atoms with Crippen molar-refractivity contribution in [2.75, 3.05) is 5.32 Å². The first kappa shape index (κ1) is 14.8. The summed E-state index contributed by atoms with van der Waals surface area (Å²) in [5, 5.41) is 11.9. The number of nitrogens with one attached hydrogen (secondary N) is 1. The smallest absolute Gasteiger partial charge is 0.337 e. The zero-order valence-electron chi connectivity index (χ0n) is 12.2. The number of carbonyl (C=O) groups excluding carboxylic acids is 1. The first-order valence-corrected chi connectivity index (χ1v) is 6.61. The minimum Gasteiger partial charge on any atom is -0.478 e. The molecule has 0 bridgehead atoms. The normalized spacial score (nSPS) is 10.2. The molecule has 0 atom stereocenters. The number of carboxylic acid groups (broad SMARTS) is 1. The first-order chi connectivity index (χ1) is 9.88. The summed E-state index contributed by atoms with van der Waals surface area (Å²) in [6.45, 7) is 5.56. The van der Waals surface area contributed by atoms with Crippen molar-refractivity contribution >= 4 is 17.6 Å². The van der Waals surface area contributed by atoms with Crippen molar-refractivity contribution in [1.29, 1.82) is 0 Å². The number of hydrogen-bond acceptors (Lipinski definition) is 2. The van der Waals surface area contributed by atoms with E-state index in [2.05, 4.69) is 5.32 Å². The van der Waals surface area contributed by atoms with E-state index in [9.17, 15) is 14.7 Å². The molecule has 0 aliphatic carbocycles. The summed E-state index contributed by atoms with van der Waals surface area (Å²) in [6, 6.07) is 10.5. The van der Waals surface area contributed by atoms with Crippen LogP contribution in [-0.4, -0.2) is 17.0 Å². The second-order valence-electron chi connectivity index (χ2n) is 5.13. The Balaban J connectivity index is 2.36. The highest BCUT2D eigenvalue weighted by atomic mass is 16.4. The quantitative estimate of drug-likeness (QED) is 0.905. The highest BCUT2D eigenvalue weighted by Crippen LogP contribution is 2.19. The largest absolute Gasteiger partial charge is 0.478 e. The van der Waals surface area contributed by atoms with Crippen molar-refractivity contribution in [3.63, 3.8) is 0 Å². The summed E-state index contributed by atoms with van der Waals surface area (Å²) in [4.78, 5) is 23.6. The fourth-order valence-corrected chi connectivity index (χ4v) is 2.11. The number of amides is 1. The number of carboxylic acids is 1. The molecule has 0 saturated carbocycles. The van der Waals surface area contributed by atoms with Crippen LogP contribution < -0.4 is 5.32 Å². The maximum Gasteiger partial charge on any atom is 0.337 e. The molecule has 0 fully saturated rings. The maximum absolute atomic E-state index is 12.3. The lowest BCUT2D eigenvalue weighted by molar-refractivity contribution is 0.0698. The first-order valence-electron chi connectivity index (χ1n) is 6.61. The Hall–Kier alpha value is -2.62. The molecular weight excluding hydrogens is 266 g/mol. The minimum absolute atomic E-state index is 0.0913. The number of benzene rings is 2. The van der Waals surface area contributed by atoms with Gasteiger partial charge < -0.3 is 10.4 Å². The monoisotopic (exact) mass is 283 g/mol. The standard InChI is InChI=1S/C17H17NO3/c1-10-4-6-12(3)13(8-10)16(19)18-15-7-5-11(2)9-14(15)17(20)21/h4-9H,1-3H3,(H,18,19)(H,20,21). The number of aryl methyl sites for hydroxylation is 3. The topological polar surface area (TPSA) is 66.4 Å². The Morgan fingerprint density at radius 1 is 0.905 bits per heavy atom. The SMILES string of the molecule is Cc1ccc(C)c(C(=O)Nc2ccc(C)cc2C(=O)O)c1. The van der Waals surface area contributed by atoms with Crippen molar-refractivity contribution < 1.29 is 14.7 Å². The van der Waals surface area contributed by atoms with E-state index >= 15 is 0 Å². The van der Waals surface area contributed by atoms with Crippen molar-refractivity contribution in [3.8, 4) is 0 Å². The van der Waals surface area contributed by atoms with Gasteiger partial charge in [-0.25, -0.2) is 4.79 Å². The summed E-state index contributed by atoms with van der Waals surface area (Å²) in [7, 11) is 0. The van der Waals surface area contributed by atoms with Gasteiger partial charge in [-0.15, -0.1) is 0 Å². The molecule has 0 spiro atoms. The van der Waals surface area contributed by atoms with Crippen LogP contribution in [0.1, 0.15) is 37.4 Å². The molecule has 2 N–H and O–H groups in total. The average molecular weight is 283 g/mol. The van der Waals surface area contributed by atoms with Crippen LogP contribution in [0, 0.1) is 20.8 Å². The fraction of sp³-hybridized carbons (Fsp3) is 0.176. The molecule has 0 aliphatic rings. The lowest BCUT2D eigenvalue weighted by Gasteiger charge is -2.11. The summed E-state index contributed by atoms with van der Waals surface area (Å²) in [5.74, 6) is -1.36. The summed E-state index contributed by atoms with van der Waals surface area (Å²) in [6.07, 6.45) is 0. The van der Waals surface area contributed by atoms with E-state index in [-0.39, 0.29) is 11.5 Å². The van der Waals surface area contributed by atoms with E-state index in [1.807, 2.05) is 32.9 Å². The molecule has 0 saturated heterocycles. The number of hydrogen-bond donors (Lipinski definition) is 2. The predicted octanol–water partition coefficient (Wildman–Crippen LogP) is 3.56. The van der Waals surface area contributed by atoms with E-state index in [1.165, 1.54) is 0 Å². The fourth-order valence-electron chi connectivity index (χ4n) is 2.11. The van der Waals surface area contributed by atoms with E-state index in [0.717, 1.165) is 16.7 Å². The molecule has 21 heavy (non-hydrogen) atoms. The Morgan fingerprint density at radius 2 is 1.48 bits per heavy atom. The molecule has 4 heteroatoms. The highest BCUT2D eigenvalue weighted by molar-refractivity contribution is 6.08. The molecule has 0 radical (unpaired) electrons. The van der Waals surface area contributed by atoms with Crippen LogP contribution in [0.4, 0.5) is 5.69 Å². The Kier molecular flexibility index (Phi) is 4.08. The molecule has 1 amide bonds. The zero-order chi connectivity index (χ0) is 15.6. The molecule has 2 rings (SSSR count). The van der Waals surface area contributed by atoms with Crippen LogP contribution in [0.5, 0.6) is 0 Å². The molecule has 0 aliphatic heterocycles. The Morgan fingerprint density at radius 3 is 2.10 bits per heavy atom. The second-order valence-corrected chi connectivity index (χ2v) is 5.13. The summed E-state index contributed by atoms with van der Waals surface area (Å²) >= 11 is 0. The van der Waals surface area contributed by atoms with E-state index < -0.39 is 5.97 Å². The molecular formula is C17H17NO3. The summed E-state index contributed by atoms with van der Waals surface area (Å²) in [5.41, 5.74) is 3.60. The molecule has 0 unspecified atom stereocenters. The van der Waals surface area contributed by atoms with Crippen molar-refractivity contribution in [1.82, 2.24) is 0 Å². The zero-order valence-corrected chi connectivity index (χ0v) is 12.2. The van der Waals surface area contributed by atoms with Gasteiger partial charge in [-0.3, -0.25) is 4.79 Å². The van der Waals surface area contributed by atoms with Gasteiger partial charge >= 0.3 is 5.97 Å². The average Bonchev–Trinajstić information content (AvgIpc) is 2.43. The summed E-state index contributed by atoms with van der Waals surface area (Å²) < 4.78 is 0. The predicted molar refractivity (Wildman–Crippen MR) is 82.0 cm³/mol. The molecule has 2 aromatic carbocycles.